The van der Waals surface area contributed by atoms with E-state index in [-0.39, 0.29) is 23.7 Å². The lowest BCUT2D eigenvalue weighted by Crippen LogP contribution is -2.37. The van der Waals surface area contributed by atoms with Gasteiger partial charge in [0.25, 0.3) is 17.1 Å². The molecule has 144 valence electrons. The van der Waals surface area contributed by atoms with Gasteiger partial charge in [0, 0.05) is 19.3 Å². The quantitative estimate of drug-likeness (QED) is 0.720. The van der Waals surface area contributed by atoms with Gasteiger partial charge in [0.15, 0.2) is 0 Å². The number of carbonyl (C=O) groups excluding carboxylic acids is 3. The first kappa shape index (κ1) is 20.3. The molecule has 0 atom stereocenters. The van der Waals surface area contributed by atoms with Gasteiger partial charge in [0.2, 0.25) is 0 Å². The third-order valence-corrected chi connectivity index (χ3v) is 5.52. The van der Waals surface area contributed by atoms with Gasteiger partial charge in [0.1, 0.15) is 5.69 Å². The number of halogens is 2. The Balaban J connectivity index is 1.62. The molecule has 1 saturated heterocycles. The maximum absolute atomic E-state index is 12.5. The van der Waals surface area contributed by atoms with Crippen LogP contribution in [0.25, 0.3) is 6.08 Å². The SMILES string of the molecule is Cc1cnc(C(=O)NCCN2C(=O)S/C(=C\c3cccc(Cl)c3Cl)C2=O)cn1. The maximum atomic E-state index is 12.5. The molecule has 3 rings (SSSR count). The first-order valence-electron chi connectivity index (χ1n) is 8.13. The molecular formula is C18H14Cl2N4O3S. The number of nitrogens with zero attached hydrogens (tertiary/aromatic N) is 3. The Labute approximate surface area is 175 Å². The average Bonchev–Trinajstić information content (AvgIpc) is 2.93. The van der Waals surface area contributed by atoms with Crippen molar-refractivity contribution in [2.45, 2.75) is 6.92 Å². The number of imide groups is 1. The number of amides is 3. The van der Waals surface area contributed by atoms with Gasteiger partial charge in [-0.25, -0.2) is 4.98 Å². The van der Waals surface area contributed by atoms with E-state index in [0.29, 0.717) is 21.3 Å². The summed E-state index contributed by atoms with van der Waals surface area (Å²) >= 11 is 12.9. The predicted molar refractivity (Wildman–Crippen MR) is 108 cm³/mol. The van der Waals surface area contributed by atoms with Gasteiger partial charge in [-0.2, -0.15) is 0 Å². The molecule has 0 bridgehead atoms. The van der Waals surface area contributed by atoms with Gasteiger partial charge in [-0.15, -0.1) is 0 Å². The molecule has 3 amide bonds. The number of rotatable bonds is 5. The van der Waals surface area contributed by atoms with E-state index in [9.17, 15) is 14.4 Å². The molecule has 1 aromatic heterocycles. The van der Waals surface area contributed by atoms with E-state index in [4.69, 9.17) is 23.2 Å². The maximum Gasteiger partial charge on any atom is 0.293 e. The van der Waals surface area contributed by atoms with Gasteiger partial charge in [-0.1, -0.05) is 35.3 Å². The zero-order valence-electron chi connectivity index (χ0n) is 14.6. The van der Waals surface area contributed by atoms with Gasteiger partial charge < -0.3 is 5.32 Å². The third kappa shape index (κ3) is 4.52. The highest BCUT2D eigenvalue weighted by molar-refractivity contribution is 8.18. The number of hydrogen-bond acceptors (Lipinski definition) is 6. The number of hydrogen-bond donors (Lipinski definition) is 1. The summed E-state index contributed by atoms with van der Waals surface area (Å²) in [7, 11) is 0. The molecule has 1 aromatic carbocycles. The van der Waals surface area contributed by atoms with Crippen LogP contribution in [0.15, 0.2) is 35.5 Å². The molecule has 7 nitrogen and oxygen atoms in total. The predicted octanol–water partition coefficient (Wildman–Crippen LogP) is 3.56. The lowest BCUT2D eigenvalue weighted by molar-refractivity contribution is -0.122. The molecule has 10 heteroatoms. The highest BCUT2D eigenvalue weighted by atomic mass is 35.5. The summed E-state index contributed by atoms with van der Waals surface area (Å²) in [4.78, 5) is 46.0. The number of nitrogens with one attached hydrogen (secondary N) is 1. The van der Waals surface area contributed by atoms with E-state index in [2.05, 4.69) is 15.3 Å². The van der Waals surface area contributed by atoms with Crippen molar-refractivity contribution >= 4 is 58.1 Å². The molecule has 1 aliphatic heterocycles. The molecule has 28 heavy (non-hydrogen) atoms. The Hall–Kier alpha value is -2.42. The second-order valence-corrected chi connectivity index (χ2v) is 7.55. The van der Waals surface area contributed by atoms with Crippen molar-refractivity contribution in [1.29, 1.82) is 0 Å². The number of benzene rings is 1. The van der Waals surface area contributed by atoms with Crippen molar-refractivity contribution < 1.29 is 14.4 Å². The van der Waals surface area contributed by atoms with Crippen molar-refractivity contribution in [1.82, 2.24) is 20.2 Å². The number of carbonyl (C=O) groups is 3. The lowest BCUT2D eigenvalue weighted by atomic mass is 10.2. The second kappa shape index (κ2) is 8.72. The molecule has 0 aliphatic carbocycles. The minimum Gasteiger partial charge on any atom is -0.349 e. The van der Waals surface area contributed by atoms with Gasteiger partial charge >= 0.3 is 0 Å². The fraction of sp³-hybridized carbons (Fsp3) is 0.167. The average molecular weight is 437 g/mol. The van der Waals surface area contributed by atoms with E-state index in [1.165, 1.54) is 18.5 Å². The van der Waals surface area contributed by atoms with Crippen LogP contribution >= 0.6 is 35.0 Å². The lowest BCUT2D eigenvalue weighted by Gasteiger charge is -2.12. The van der Waals surface area contributed by atoms with Gasteiger partial charge in [0.05, 0.1) is 26.8 Å². The molecule has 0 saturated carbocycles. The minimum absolute atomic E-state index is 0.0380. The van der Waals surface area contributed by atoms with Crippen LogP contribution in [0.1, 0.15) is 21.7 Å². The van der Waals surface area contributed by atoms with Crippen molar-refractivity contribution in [3.8, 4) is 0 Å². The Kier molecular flexibility index (Phi) is 6.33. The van der Waals surface area contributed by atoms with Crippen molar-refractivity contribution in [2.75, 3.05) is 13.1 Å². The largest absolute Gasteiger partial charge is 0.349 e. The fourth-order valence-electron chi connectivity index (χ4n) is 2.35. The van der Waals surface area contributed by atoms with E-state index in [1.54, 1.807) is 25.1 Å². The molecule has 1 aliphatic rings. The molecule has 1 N–H and O–H groups in total. The standard InChI is InChI=1S/C18H14Cl2N4O3S/c1-10-8-23-13(9-22-10)16(25)21-5-6-24-17(26)14(28-18(24)27)7-11-3-2-4-12(19)15(11)20/h2-4,7-9H,5-6H2,1H3,(H,21,25)/b14-7-. The molecule has 0 unspecified atom stereocenters. The molecule has 0 spiro atoms. The Morgan fingerprint density at radius 1 is 1.25 bits per heavy atom. The minimum atomic E-state index is -0.449. The summed E-state index contributed by atoms with van der Waals surface area (Å²) in [5.41, 5.74) is 1.40. The normalized spacial score (nSPS) is 15.4. The highest BCUT2D eigenvalue weighted by Gasteiger charge is 2.34. The summed E-state index contributed by atoms with van der Waals surface area (Å²) in [6.45, 7) is 1.90. The second-order valence-electron chi connectivity index (χ2n) is 5.78. The number of aryl methyl sites for hydroxylation is 1. The number of aromatic nitrogens is 2. The van der Waals surface area contributed by atoms with Crippen LogP contribution in [0, 0.1) is 6.92 Å². The third-order valence-electron chi connectivity index (χ3n) is 3.78. The van der Waals surface area contributed by atoms with Crippen LogP contribution in [-0.2, 0) is 4.79 Å². The van der Waals surface area contributed by atoms with Crippen LogP contribution in [0.2, 0.25) is 10.0 Å². The van der Waals surface area contributed by atoms with E-state index < -0.39 is 17.1 Å². The van der Waals surface area contributed by atoms with Crippen LogP contribution < -0.4 is 5.32 Å². The summed E-state index contributed by atoms with van der Waals surface area (Å²) in [5, 5.41) is 2.86. The van der Waals surface area contributed by atoms with Crippen molar-refractivity contribution in [3.63, 3.8) is 0 Å². The van der Waals surface area contributed by atoms with Gasteiger partial charge in [-0.3, -0.25) is 24.3 Å². The summed E-state index contributed by atoms with van der Waals surface area (Å²) in [6, 6.07) is 5.03. The first-order chi connectivity index (χ1) is 13.4. The summed E-state index contributed by atoms with van der Waals surface area (Å²) in [5.74, 6) is -0.879. The number of thioether (sulfide) groups is 1. The Morgan fingerprint density at radius 3 is 2.75 bits per heavy atom. The van der Waals surface area contributed by atoms with E-state index in [1.807, 2.05) is 0 Å². The molecule has 1 fully saturated rings. The van der Waals surface area contributed by atoms with Crippen LogP contribution in [0.4, 0.5) is 4.79 Å². The zero-order chi connectivity index (χ0) is 20.3. The smallest absolute Gasteiger partial charge is 0.293 e. The molecule has 2 aromatic rings. The summed E-state index contributed by atoms with van der Waals surface area (Å²) < 4.78 is 0. The Bertz CT molecular complexity index is 979. The molecule has 2 heterocycles. The van der Waals surface area contributed by atoms with Crippen LogP contribution in [-0.4, -0.2) is 45.0 Å². The summed E-state index contributed by atoms with van der Waals surface area (Å²) in [6.07, 6.45) is 4.37. The van der Waals surface area contributed by atoms with Crippen LogP contribution in [0.3, 0.4) is 0 Å². The van der Waals surface area contributed by atoms with Crippen LogP contribution in [0.5, 0.6) is 0 Å². The Morgan fingerprint density at radius 2 is 2.04 bits per heavy atom. The topological polar surface area (TPSA) is 92.3 Å². The molecular weight excluding hydrogens is 423 g/mol. The molecule has 0 radical (unpaired) electrons. The fourth-order valence-corrected chi connectivity index (χ4v) is 3.57. The highest BCUT2D eigenvalue weighted by Crippen LogP contribution is 2.34. The monoisotopic (exact) mass is 436 g/mol. The van der Waals surface area contributed by atoms with Crippen molar-refractivity contribution in [2.24, 2.45) is 0 Å². The van der Waals surface area contributed by atoms with E-state index in [0.717, 1.165) is 16.7 Å². The van der Waals surface area contributed by atoms with Crippen molar-refractivity contribution in [3.05, 3.63) is 62.5 Å². The van der Waals surface area contributed by atoms with E-state index >= 15 is 0 Å². The van der Waals surface area contributed by atoms with Gasteiger partial charge in [-0.05, 0) is 36.4 Å². The zero-order valence-corrected chi connectivity index (χ0v) is 16.9. The first-order valence-corrected chi connectivity index (χ1v) is 9.70.